The van der Waals surface area contributed by atoms with E-state index in [1.165, 1.54) is 38.4 Å². The standard InChI is InChI=1S/C31H31N2S.C13H24O2.Ir/c1-20(2)15-28-25-12-14-34-30(25)26(19-32-28)22-11-13-33(6)29(18-22)23-16-21-9-7-8-10-24(21)27(17-23)31(3,4)5;1-5-10(6-2)12(14)9-13(15)11(7-3)8-4;/h7-14,17-20H,6,15H2,1-5H3;9-11,14H,5-8H2,1-4H3;/q-1;;/b;12-9-;. The first kappa shape index (κ1) is 41.1. The number of ketones is 1. The molecule has 0 unspecified atom stereocenters. The molecule has 0 amide bonds. The SMILES string of the molecule is CCC(CC)C(=O)/C=C(\O)C(CC)CC.[CH2-][n+]1ccc(-c2cnc(CC(C)C)c3ccsc23)cc1-c1[c-]c2ccccc2c(C(C)(C)C)c1.[Ir]. The van der Waals surface area contributed by atoms with E-state index in [1.54, 1.807) is 11.3 Å². The molecule has 269 valence electrons. The number of benzene rings is 2. The normalized spacial score (nSPS) is 12.0. The first-order valence-corrected chi connectivity index (χ1v) is 18.8. The first-order chi connectivity index (χ1) is 23.3. The van der Waals surface area contributed by atoms with Crippen molar-refractivity contribution in [3.8, 4) is 22.4 Å². The number of hydrogen-bond acceptors (Lipinski definition) is 4. The summed E-state index contributed by atoms with van der Waals surface area (Å²) in [4.78, 5) is 16.6. The number of carbonyl (C=O) groups excluding carboxylic acids is 1. The number of pyridine rings is 2. The fourth-order valence-corrected chi connectivity index (χ4v) is 7.42. The second-order valence-electron chi connectivity index (χ2n) is 14.5. The van der Waals surface area contributed by atoms with Gasteiger partial charge in [-0.1, -0.05) is 91.5 Å². The van der Waals surface area contributed by atoms with Crippen molar-refractivity contribution in [3.05, 3.63) is 103 Å². The molecular weight excluding hydrogens is 813 g/mol. The van der Waals surface area contributed by atoms with Gasteiger partial charge in [-0.05, 0) is 72.6 Å². The Morgan fingerprint density at radius 2 is 1.64 bits per heavy atom. The van der Waals surface area contributed by atoms with Gasteiger partial charge in [-0.2, -0.15) is 0 Å². The summed E-state index contributed by atoms with van der Waals surface area (Å²) in [7, 11) is 4.29. The second kappa shape index (κ2) is 18.3. The molecular formula is C44H55IrN2O2S-. The Bertz CT molecular complexity index is 1910. The topological polar surface area (TPSA) is 54.1 Å². The third-order valence-corrected chi connectivity index (χ3v) is 10.4. The van der Waals surface area contributed by atoms with Gasteiger partial charge in [-0.3, -0.25) is 9.78 Å². The van der Waals surface area contributed by atoms with Gasteiger partial charge in [-0.15, -0.1) is 40.5 Å². The molecule has 0 fully saturated rings. The number of hydrogen-bond donors (Lipinski definition) is 1. The Morgan fingerprint density at radius 3 is 2.26 bits per heavy atom. The minimum atomic E-state index is 0. The van der Waals surface area contributed by atoms with Gasteiger partial charge in [0, 0.05) is 72.6 Å². The van der Waals surface area contributed by atoms with Crippen LogP contribution in [0.5, 0.6) is 0 Å². The molecule has 0 atom stereocenters. The van der Waals surface area contributed by atoms with Gasteiger partial charge in [0.2, 0.25) is 0 Å². The first-order valence-electron chi connectivity index (χ1n) is 17.9. The summed E-state index contributed by atoms with van der Waals surface area (Å²) >= 11 is 1.79. The molecule has 6 heteroatoms. The molecule has 0 spiro atoms. The number of aromatic nitrogens is 2. The molecule has 0 saturated carbocycles. The van der Waals surface area contributed by atoms with Crippen LogP contribution in [0.2, 0.25) is 0 Å². The van der Waals surface area contributed by atoms with E-state index in [0.717, 1.165) is 54.3 Å². The molecule has 5 rings (SSSR count). The van der Waals surface area contributed by atoms with E-state index in [0.29, 0.717) is 5.92 Å². The third-order valence-electron chi connectivity index (χ3n) is 9.46. The van der Waals surface area contributed by atoms with Crippen LogP contribution >= 0.6 is 11.3 Å². The Morgan fingerprint density at radius 1 is 0.980 bits per heavy atom. The largest absolute Gasteiger partial charge is 0.512 e. The van der Waals surface area contributed by atoms with E-state index in [2.05, 4.69) is 102 Å². The quantitative estimate of drug-likeness (QED) is 0.0623. The minimum Gasteiger partial charge on any atom is -0.512 e. The van der Waals surface area contributed by atoms with Crippen LogP contribution in [-0.4, -0.2) is 15.9 Å². The maximum atomic E-state index is 11.7. The van der Waals surface area contributed by atoms with E-state index in [4.69, 9.17) is 4.98 Å². The number of allylic oxidation sites excluding steroid dienone is 2. The Kier molecular flexibility index (Phi) is 15.0. The average molecular weight is 868 g/mol. The van der Waals surface area contributed by atoms with Crippen LogP contribution in [-0.2, 0) is 36.7 Å². The predicted molar refractivity (Wildman–Crippen MR) is 209 cm³/mol. The van der Waals surface area contributed by atoms with Crippen LogP contribution in [0.25, 0.3) is 43.2 Å². The molecule has 0 aliphatic rings. The van der Waals surface area contributed by atoms with Gasteiger partial charge in [-0.25, -0.2) is 0 Å². The summed E-state index contributed by atoms with van der Waals surface area (Å²) in [5, 5.41) is 15.6. The number of fused-ring (bicyclic) bond motifs is 2. The summed E-state index contributed by atoms with van der Waals surface area (Å²) in [6.45, 7) is 19.4. The zero-order valence-electron chi connectivity index (χ0n) is 31.4. The summed E-state index contributed by atoms with van der Waals surface area (Å²) in [6.07, 6.45) is 10.00. The van der Waals surface area contributed by atoms with Crippen molar-refractivity contribution < 1.29 is 34.6 Å². The van der Waals surface area contributed by atoms with Crippen molar-refractivity contribution >= 4 is 38.0 Å². The van der Waals surface area contributed by atoms with Crippen molar-refractivity contribution in [1.29, 1.82) is 0 Å². The molecule has 0 bridgehead atoms. The smallest absolute Gasteiger partial charge is 0.162 e. The predicted octanol–water partition coefficient (Wildman–Crippen LogP) is 11.9. The number of thiophene rings is 1. The van der Waals surface area contributed by atoms with E-state index in [9.17, 15) is 9.90 Å². The molecule has 0 aliphatic heterocycles. The van der Waals surface area contributed by atoms with E-state index >= 15 is 0 Å². The van der Waals surface area contributed by atoms with Crippen LogP contribution in [0, 0.1) is 30.9 Å². The third kappa shape index (κ3) is 9.72. The minimum absolute atomic E-state index is 0. The average Bonchev–Trinajstić information content (AvgIpc) is 3.56. The number of nitrogens with zero attached hydrogens (tertiary/aromatic N) is 2. The van der Waals surface area contributed by atoms with Crippen LogP contribution in [0.15, 0.2) is 78.1 Å². The molecule has 1 radical (unpaired) electrons. The Balaban J connectivity index is 0.000000361. The zero-order chi connectivity index (χ0) is 35.9. The molecule has 3 heterocycles. The summed E-state index contributed by atoms with van der Waals surface area (Å²) in [5.41, 5.74) is 6.98. The molecule has 0 saturated heterocycles. The van der Waals surface area contributed by atoms with Crippen molar-refractivity contribution in [3.63, 3.8) is 0 Å². The molecule has 1 N–H and O–H groups in total. The maximum absolute atomic E-state index is 11.7. The van der Waals surface area contributed by atoms with Crippen LogP contribution in [0.4, 0.5) is 0 Å². The van der Waals surface area contributed by atoms with Crippen molar-refractivity contribution in [1.82, 2.24) is 4.98 Å². The summed E-state index contributed by atoms with van der Waals surface area (Å²) < 4.78 is 3.25. The van der Waals surface area contributed by atoms with Gasteiger partial charge in [0.15, 0.2) is 5.78 Å². The number of rotatable bonds is 11. The van der Waals surface area contributed by atoms with Crippen LogP contribution in [0.1, 0.15) is 99.3 Å². The van der Waals surface area contributed by atoms with Gasteiger partial charge in [0.05, 0.1) is 12.0 Å². The fraction of sp³-hybridized carbons (Fsp3) is 0.409. The van der Waals surface area contributed by atoms with Gasteiger partial charge in [0.1, 0.15) is 5.69 Å². The van der Waals surface area contributed by atoms with Crippen LogP contribution < -0.4 is 4.57 Å². The van der Waals surface area contributed by atoms with Crippen molar-refractivity contribution in [2.24, 2.45) is 17.8 Å². The molecule has 50 heavy (non-hydrogen) atoms. The summed E-state index contributed by atoms with van der Waals surface area (Å²) in [6, 6.07) is 21.1. The number of aliphatic hydroxyl groups is 1. The molecule has 3 aromatic heterocycles. The van der Waals surface area contributed by atoms with Crippen molar-refractivity contribution in [2.45, 2.75) is 99.8 Å². The maximum Gasteiger partial charge on any atom is 0.162 e. The van der Waals surface area contributed by atoms with E-state index in [-0.39, 0.29) is 48.9 Å². The van der Waals surface area contributed by atoms with Crippen molar-refractivity contribution in [2.75, 3.05) is 0 Å². The Labute approximate surface area is 318 Å². The zero-order valence-corrected chi connectivity index (χ0v) is 34.6. The monoisotopic (exact) mass is 868 g/mol. The van der Waals surface area contributed by atoms with Gasteiger partial charge < -0.3 is 9.67 Å². The molecule has 0 aliphatic carbocycles. The Hall–Kier alpha value is -3.31. The fourth-order valence-electron chi connectivity index (χ4n) is 6.47. The van der Waals surface area contributed by atoms with Gasteiger partial charge in [0.25, 0.3) is 0 Å². The number of carbonyl (C=O) groups is 1. The van der Waals surface area contributed by atoms with Crippen LogP contribution in [0.3, 0.4) is 0 Å². The van der Waals surface area contributed by atoms with Gasteiger partial charge >= 0.3 is 0 Å². The van der Waals surface area contributed by atoms with E-state index in [1.807, 2.05) is 44.7 Å². The number of aliphatic hydroxyl groups excluding tert-OH is 1. The second-order valence-corrected chi connectivity index (χ2v) is 15.5. The molecule has 5 aromatic rings. The van der Waals surface area contributed by atoms with E-state index < -0.39 is 0 Å². The summed E-state index contributed by atoms with van der Waals surface area (Å²) in [5.74, 6) is 1.13. The molecule has 4 nitrogen and oxygen atoms in total. The molecule has 2 aromatic carbocycles.